The number of aryl methyl sites for hydroxylation is 1. The predicted molar refractivity (Wildman–Crippen MR) is 78.2 cm³/mol. The summed E-state index contributed by atoms with van der Waals surface area (Å²) < 4.78 is 0. The maximum absolute atomic E-state index is 11.8. The molecular weight excluding hydrogens is 250 g/mol. The molecule has 0 bridgehead atoms. The predicted octanol–water partition coefficient (Wildman–Crippen LogP) is 3.34. The van der Waals surface area contributed by atoms with Gasteiger partial charge in [-0.2, -0.15) is 0 Å². The Bertz CT molecular complexity index is 698. The molecule has 20 heavy (non-hydrogen) atoms. The molecular formula is C17H13NO2. The summed E-state index contributed by atoms with van der Waals surface area (Å²) >= 11 is 0. The normalized spacial score (nSPS) is 16.1. The van der Waals surface area contributed by atoms with Gasteiger partial charge < -0.3 is 4.84 Å². The van der Waals surface area contributed by atoms with Crippen LogP contribution in [0.5, 0.6) is 0 Å². The first-order valence-electron chi connectivity index (χ1n) is 6.37. The summed E-state index contributed by atoms with van der Waals surface area (Å²) in [5.74, 6) is -0.413. The van der Waals surface area contributed by atoms with Crippen molar-refractivity contribution in [2.24, 2.45) is 5.16 Å². The molecule has 0 N–H and O–H groups in total. The molecule has 3 heteroatoms. The van der Waals surface area contributed by atoms with Crippen LogP contribution in [0.15, 0.2) is 65.3 Å². The summed E-state index contributed by atoms with van der Waals surface area (Å²) in [5, 5.41) is 3.88. The maximum Gasteiger partial charge on any atom is 0.368 e. The second-order valence-electron chi connectivity index (χ2n) is 4.65. The third-order valence-corrected chi connectivity index (χ3v) is 3.13. The monoisotopic (exact) mass is 263 g/mol. The fourth-order valence-electron chi connectivity index (χ4n) is 2.04. The van der Waals surface area contributed by atoms with Crippen molar-refractivity contribution >= 4 is 17.8 Å². The van der Waals surface area contributed by atoms with Gasteiger partial charge in [0.1, 0.15) is 5.71 Å². The summed E-state index contributed by atoms with van der Waals surface area (Å²) in [7, 11) is 0. The van der Waals surface area contributed by atoms with Gasteiger partial charge in [-0.3, -0.25) is 0 Å². The highest BCUT2D eigenvalue weighted by Gasteiger charge is 2.26. The molecule has 0 saturated heterocycles. The van der Waals surface area contributed by atoms with Crippen LogP contribution in [0.1, 0.15) is 16.7 Å². The molecule has 0 atom stereocenters. The molecule has 0 fully saturated rings. The number of hydrogen-bond acceptors (Lipinski definition) is 3. The van der Waals surface area contributed by atoms with E-state index in [9.17, 15) is 4.79 Å². The zero-order chi connectivity index (χ0) is 13.9. The average Bonchev–Trinajstić information content (AvgIpc) is 2.84. The molecule has 0 radical (unpaired) electrons. The summed E-state index contributed by atoms with van der Waals surface area (Å²) in [6.07, 6.45) is 1.81. The second-order valence-corrected chi connectivity index (χ2v) is 4.65. The standard InChI is InChI=1S/C17H13NO2/c1-12-7-9-13(10-8-12)11-15-16(18-20-17(15)19)14-5-3-2-4-6-14/h2-11H,1H3. The van der Waals surface area contributed by atoms with Gasteiger partial charge in [0.2, 0.25) is 0 Å². The Balaban J connectivity index is 2.00. The maximum atomic E-state index is 11.8. The minimum Gasteiger partial charge on any atom is -0.312 e. The Labute approximate surface area is 117 Å². The molecule has 2 aromatic rings. The molecule has 0 unspecified atom stereocenters. The lowest BCUT2D eigenvalue weighted by atomic mass is 10.0. The lowest BCUT2D eigenvalue weighted by Crippen LogP contribution is -2.06. The number of carbonyl (C=O) groups is 1. The smallest absolute Gasteiger partial charge is 0.312 e. The molecule has 1 aliphatic rings. The van der Waals surface area contributed by atoms with E-state index in [0.29, 0.717) is 11.3 Å². The van der Waals surface area contributed by atoms with Crippen molar-refractivity contribution in [1.82, 2.24) is 0 Å². The fourth-order valence-corrected chi connectivity index (χ4v) is 2.04. The van der Waals surface area contributed by atoms with E-state index in [4.69, 9.17) is 4.84 Å². The molecule has 1 heterocycles. The quantitative estimate of drug-likeness (QED) is 0.615. The first-order chi connectivity index (χ1) is 9.74. The van der Waals surface area contributed by atoms with E-state index in [1.54, 1.807) is 6.08 Å². The zero-order valence-electron chi connectivity index (χ0n) is 11.0. The Morgan fingerprint density at radius 3 is 2.40 bits per heavy atom. The van der Waals surface area contributed by atoms with Crippen LogP contribution >= 0.6 is 0 Å². The number of carbonyl (C=O) groups excluding carboxylic acids is 1. The van der Waals surface area contributed by atoms with Crippen molar-refractivity contribution in [2.75, 3.05) is 0 Å². The van der Waals surface area contributed by atoms with Crippen molar-refractivity contribution in [3.8, 4) is 0 Å². The molecule has 3 rings (SSSR count). The molecule has 0 saturated carbocycles. The van der Waals surface area contributed by atoms with E-state index in [1.165, 1.54) is 5.56 Å². The zero-order valence-corrected chi connectivity index (χ0v) is 11.0. The van der Waals surface area contributed by atoms with Crippen molar-refractivity contribution in [3.05, 3.63) is 76.9 Å². The Hall–Kier alpha value is -2.68. The number of benzene rings is 2. The molecule has 2 aromatic carbocycles. The van der Waals surface area contributed by atoms with Crippen molar-refractivity contribution in [1.29, 1.82) is 0 Å². The highest BCUT2D eigenvalue weighted by molar-refractivity contribution is 6.31. The van der Waals surface area contributed by atoms with Crippen LogP contribution in [0.25, 0.3) is 6.08 Å². The molecule has 0 amide bonds. The summed E-state index contributed by atoms with van der Waals surface area (Å²) in [6, 6.07) is 17.5. The summed E-state index contributed by atoms with van der Waals surface area (Å²) in [4.78, 5) is 16.6. The largest absolute Gasteiger partial charge is 0.368 e. The van der Waals surface area contributed by atoms with Gasteiger partial charge in [0.15, 0.2) is 0 Å². The molecule has 98 valence electrons. The fraction of sp³-hybridized carbons (Fsp3) is 0.0588. The average molecular weight is 263 g/mol. The molecule has 0 aliphatic carbocycles. The number of rotatable bonds is 2. The third-order valence-electron chi connectivity index (χ3n) is 3.13. The third kappa shape index (κ3) is 2.38. The van der Waals surface area contributed by atoms with E-state index >= 15 is 0 Å². The second kappa shape index (κ2) is 5.13. The van der Waals surface area contributed by atoms with Crippen LogP contribution in [0.3, 0.4) is 0 Å². The lowest BCUT2D eigenvalue weighted by molar-refractivity contribution is -0.136. The van der Waals surface area contributed by atoms with Gasteiger partial charge in [-0.15, -0.1) is 0 Å². The minimum absolute atomic E-state index is 0.413. The van der Waals surface area contributed by atoms with Gasteiger partial charge in [0.25, 0.3) is 0 Å². The highest BCUT2D eigenvalue weighted by atomic mass is 16.7. The summed E-state index contributed by atoms with van der Waals surface area (Å²) in [5.41, 5.74) is 4.07. The Morgan fingerprint density at radius 1 is 1.00 bits per heavy atom. The number of hydrogen-bond donors (Lipinski definition) is 0. The molecule has 1 aliphatic heterocycles. The van der Waals surface area contributed by atoms with Gasteiger partial charge >= 0.3 is 5.97 Å². The first kappa shape index (κ1) is 12.4. The van der Waals surface area contributed by atoms with Crippen molar-refractivity contribution < 1.29 is 9.63 Å². The van der Waals surface area contributed by atoms with Crippen LogP contribution in [0, 0.1) is 6.92 Å². The number of nitrogens with zero attached hydrogens (tertiary/aromatic N) is 1. The highest BCUT2D eigenvalue weighted by Crippen LogP contribution is 2.20. The van der Waals surface area contributed by atoms with E-state index in [1.807, 2.05) is 61.5 Å². The van der Waals surface area contributed by atoms with Gasteiger partial charge in [-0.1, -0.05) is 65.3 Å². The topological polar surface area (TPSA) is 38.7 Å². The SMILES string of the molecule is Cc1ccc(C=C2C(=O)ON=C2c2ccccc2)cc1. The van der Waals surface area contributed by atoms with Crippen LogP contribution in [0.2, 0.25) is 0 Å². The van der Waals surface area contributed by atoms with Crippen LogP contribution in [-0.4, -0.2) is 11.7 Å². The van der Waals surface area contributed by atoms with Gasteiger partial charge in [0.05, 0.1) is 5.57 Å². The number of oxime groups is 1. The van der Waals surface area contributed by atoms with E-state index in [2.05, 4.69) is 5.16 Å². The Kier molecular flexibility index (Phi) is 3.17. The van der Waals surface area contributed by atoms with Gasteiger partial charge in [-0.05, 0) is 18.6 Å². The van der Waals surface area contributed by atoms with Gasteiger partial charge in [-0.25, -0.2) is 4.79 Å². The van der Waals surface area contributed by atoms with E-state index in [-0.39, 0.29) is 0 Å². The lowest BCUT2D eigenvalue weighted by Gasteiger charge is -2.00. The van der Waals surface area contributed by atoms with Crippen LogP contribution < -0.4 is 0 Å². The van der Waals surface area contributed by atoms with Crippen molar-refractivity contribution in [2.45, 2.75) is 6.92 Å². The molecule has 0 aromatic heterocycles. The Morgan fingerprint density at radius 2 is 1.70 bits per heavy atom. The van der Waals surface area contributed by atoms with Crippen LogP contribution in [-0.2, 0) is 9.63 Å². The first-order valence-corrected chi connectivity index (χ1v) is 6.37. The van der Waals surface area contributed by atoms with Gasteiger partial charge in [0, 0.05) is 5.56 Å². The van der Waals surface area contributed by atoms with E-state index in [0.717, 1.165) is 11.1 Å². The molecule has 0 spiro atoms. The summed E-state index contributed by atoms with van der Waals surface area (Å²) in [6.45, 7) is 2.03. The minimum atomic E-state index is -0.413. The van der Waals surface area contributed by atoms with E-state index < -0.39 is 5.97 Å². The van der Waals surface area contributed by atoms with Crippen LogP contribution in [0.4, 0.5) is 0 Å². The van der Waals surface area contributed by atoms with Crippen molar-refractivity contribution in [3.63, 3.8) is 0 Å². The molecule has 3 nitrogen and oxygen atoms in total.